The van der Waals surface area contributed by atoms with Crippen molar-refractivity contribution in [1.29, 1.82) is 0 Å². The molecule has 1 N–H and O–H groups in total. The normalized spacial score (nSPS) is 22.0. The van der Waals surface area contributed by atoms with E-state index in [2.05, 4.69) is 15.2 Å². The highest BCUT2D eigenvalue weighted by Crippen LogP contribution is 2.33. The average molecular weight is 290 g/mol. The predicted octanol–water partition coefficient (Wildman–Crippen LogP) is 2.27. The van der Waals surface area contributed by atoms with E-state index in [1.54, 1.807) is 6.92 Å². The Bertz CT molecular complexity index is 524. The maximum atomic E-state index is 10.9. The number of piperidine rings is 1. The van der Waals surface area contributed by atoms with Gasteiger partial charge in [0.1, 0.15) is 12.0 Å². The van der Waals surface area contributed by atoms with Crippen molar-refractivity contribution in [3.05, 3.63) is 27.9 Å². The van der Waals surface area contributed by atoms with Gasteiger partial charge in [-0.25, -0.2) is 4.98 Å². The van der Waals surface area contributed by atoms with Gasteiger partial charge in [0, 0.05) is 18.2 Å². The van der Waals surface area contributed by atoms with Gasteiger partial charge < -0.3 is 10.2 Å². The molecule has 0 radical (unpaired) electrons. The fourth-order valence-corrected chi connectivity index (χ4v) is 3.06. The van der Waals surface area contributed by atoms with Crippen LogP contribution in [-0.2, 0) is 0 Å². The van der Waals surface area contributed by atoms with Crippen LogP contribution in [0.15, 0.2) is 12.3 Å². The van der Waals surface area contributed by atoms with Crippen molar-refractivity contribution in [3.63, 3.8) is 0 Å². The Morgan fingerprint density at radius 2 is 2.29 bits per heavy atom. The van der Waals surface area contributed by atoms with Crippen molar-refractivity contribution in [1.82, 2.24) is 10.3 Å². The molecule has 1 aliphatic heterocycles. The summed E-state index contributed by atoms with van der Waals surface area (Å²) in [5, 5.41) is 14.4. The second-order valence-electron chi connectivity index (χ2n) is 6.18. The van der Waals surface area contributed by atoms with Crippen LogP contribution < -0.4 is 10.2 Å². The zero-order valence-corrected chi connectivity index (χ0v) is 12.4. The lowest BCUT2D eigenvalue weighted by Gasteiger charge is -2.31. The molecule has 0 spiro atoms. The van der Waals surface area contributed by atoms with E-state index < -0.39 is 0 Å². The largest absolute Gasteiger partial charge is 0.353 e. The summed E-state index contributed by atoms with van der Waals surface area (Å²) >= 11 is 0. The number of hydrogen-bond donors (Lipinski definition) is 1. The molecule has 2 heterocycles. The van der Waals surface area contributed by atoms with Gasteiger partial charge in [0.15, 0.2) is 0 Å². The van der Waals surface area contributed by atoms with E-state index >= 15 is 0 Å². The number of pyridine rings is 1. The van der Waals surface area contributed by atoms with Gasteiger partial charge in [0.05, 0.1) is 4.92 Å². The maximum Gasteiger partial charge on any atom is 0.290 e. The molecule has 1 aliphatic carbocycles. The lowest BCUT2D eigenvalue weighted by Crippen LogP contribution is -2.39. The molecule has 1 atom stereocenters. The average Bonchev–Trinajstić information content (AvgIpc) is 3.30. The number of nitro groups is 1. The highest BCUT2D eigenvalue weighted by atomic mass is 16.6. The standard InChI is InChI=1S/C15H22N4O2/c1-11-7-15(17-9-14(11)19(20)21)18(13-4-5-13)10-12-3-2-6-16-8-12/h7,9,12-13,16H,2-6,8,10H2,1H3. The predicted molar refractivity (Wildman–Crippen MR) is 81.6 cm³/mol. The third kappa shape index (κ3) is 3.32. The summed E-state index contributed by atoms with van der Waals surface area (Å²) in [6.45, 7) is 4.97. The van der Waals surface area contributed by atoms with Crippen molar-refractivity contribution >= 4 is 11.5 Å². The number of nitrogens with zero attached hydrogens (tertiary/aromatic N) is 3. The van der Waals surface area contributed by atoms with Gasteiger partial charge in [-0.15, -0.1) is 0 Å². The van der Waals surface area contributed by atoms with Crippen molar-refractivity contribution in [2.45, 2.75) is 38.6 Å². The van der Waals surface area contributed by atoms with Crippen LogP contribution in [0.5, 0.6) is 0 Å². The van der Waals surface area contributed by atoms with E-state index in [0.717, 1.165) is 25.5 Å². The molecule has 2 fully saturated rings. The molecule has 2 aliphatic rings. The molecular weight excluding hydrogens is 268 g/mol. The summed E-state index contributed by atoms with van der Waals surface area (Å²) in [6.07, 6.45) is 6.30. The van der Waals surface area contributed by atoms with E-state index in [1.807, 2.05) is 6.07 Å². The number of hydrogen-bond acceptors (Lipinski definition) is 5. The quantitative estimate of drug-likeness (QED) is 0.665. The second-order valence-corrected chi connectivity index (χ2v) is 6.18. The van der Waals surface area contributed by atoms with E-state index in [0.29, 0.717) is 17.5 Å². The van der Waals surface area contributed by atoms with Crippen LogP contribution in [0.4, 0.5) is 11.5 Å². The number of rotatable bonds is 5. The first-order chi connectivity index (χ1) is 10.1. The minimum absolute atomic E-state index is 0.105. The highest BCUT2D eigenvalue weighted by molar-refractivity contribution is 5.50. The van der Waals surface area contributed by atoms with Gasteiger partial charge in [0.2, 0.25) is 0 Å². The third-order valence-electron chi connectivity index (χ3n) is 4.40. The van der Waals surface area contributed by atoms with Gasteiger partial charge in [-0.2, -0.15) is 0 Å². The van der Waals surface area contributed by atoms with Crippen LogP contribution in [0.25, 0.3) is 0 Å². The zero-order valence-electron chi connectivity index (χ0n) is 12.4. The smallest absolute Gasteiger partial charge is 0.290 e. The Hall–Kier alpha value is -1.69. The van der Waals surface area contributed by atoms with Gasteiger partial charge in [-0.3, -0.25) is 10.1 Å². The Morgan fingerprint density at radius 3 is 2.86 bits per heavy atom. The van der Waals surface area contributed by atoms with Gasteiger partial charge in [-0.05, 0) is 57.7 Å². The molecule has 0 aromatic carbocycles. The van der Waals surface area contributed by atoms with Crippen LogP contribution in [0.3, 0.4) is 0 Å². The second kappa shape index (κ2) is 5.97. The zero-order chi connectivity index (χ0) is 14.8. The first kappa shape index (κ1) is 14.3. The molecule has 21 heavy (non-hydrogen) atoms. The van der Waals surface area contributed by atoms with E-state index in [-0.39, 0.29) is 10.6 Å². The monoisotopic (exact) mass is 290 g/mol. The Balaban J connectivity index is 1.77. The molecule has 1 unspecified atom stereocenters. The lowest BCUT2D eigenvalue weighted by atomic mass is 9.99. The molecule has 1 aromatic rings. The van der Waals surface area contributed by atoms with E-state index in [1.165, 1.54) is 31.9 Å². The summed E-state index contributed by atoms with van der Waals surface area (Å²) in [6, 6.07) is 2.44. The summed E-state index contributed by atoms with van der Waals surface area (Å²) in [5.41, 5.74) is 0.797. The van der Waals surface area contributed by atoms with E-state index in [9.17, 15) is 10.1 Å². The molecule has 114 valence electrons. The number of nitrogens with one attached hydrogen (secondary N) is 1. The molecule has 1 aromatic heterocycles. The minimum atomic E-state index is -0.362. The Labute approximate surface area is 124 Å². The van der Waals surface area contributed by atoms with Crippen LogP contribution in [0.1, 0.15) is 31.2 Å². The van der Waals surface area contributed by atoms with Gasteiger partial charge in [0.25, 0.3) is 5.69 Å². The summed E-state index contributed by atoms with van der Waals surface area (Å²) < 4.78 is 0. The molecule has 6 heteroatoms. The molecule has 0 bridgehead atoms. The number of aromatic nitrogens is 1. The molecular formula is C15H22N4O2. The van der Waals surface area contributed by atoms with Gasteiger partial charge >= 0.3 is 0 Å². The first-order valence-corrected chi connectivity index (χ1v) is 7.73. The van der Waals surface area contributed by atoms with Crippen molar-refractivity contribution in [2.75, 3.05) is 24.5 Å². The Kier molecular flexibility index (Phi) is 4.05. The fraction of sp³-hybridized carbons (Fsp3) is 0.667. The first-order valence-electron chi connectivity index (χ1n) is 7.73. The minimum Gasteiger partial charge on any atom is -0.353 e. The molecule has 0 amide bonds. The highest BCUT2D eigenvalue weighted by Gasteiger charge is 2.32. The number of aryl methyl sites for hydroxylation is 1. The lowest BCUT2D eigenvalue weighted by molar-refractivity contribution is -0.385. The topological polar surface area (TPSA) is 71.3 Å². The fourth-order valence-electron chi connectivity index (χ4n) is 3.06. The van der Waals surface area contributed by atoms with Gasteiger partial charge in [-0.1, -0.05) is 0 Å². The van der Waals surface area contributed by atoms with Crippen molar-refractivity contribution in [3.8, 4) is 0 Å². The molecule has 3 rings (SSSR count). The number of anilines is 1. The van der Waals surface area contributed by atoms with E-state index in [4.69, 9.17) is 0 Å². The van der Waals surface area contributed by atoms with Crippen LogP contribution in [-0.4, -0.2) is 35.6 Å². The summed E-state index contributed by atoms with van der Waals surface area (Å²) in [5.74, 6) is 1.54. The van der Waals surface area contributed by atoms with Crippen LogP contribution in [0, 0.1) is 23.0 Å². The van der Waals surface area contributed by atoms with Crippen LogP contribution >= 0.6 is 0 Å². The molecule has 1 saturated carbocycles. The summed E-state index contributed by atoms with van der Waals surface area (Å²) in [7, 11) is 0. The third-order valence-corrected chi connectivity index (χ3v) is 4.40. The van der Waals surface area contributed by atoms with Crippen molar-refractivity contribution < 1.29 is 4.92 Å². The molecule has 1 saturated heterocycles. The Morgan fingerprint density at radius 1 is 1.48 bits per heavy atom. The SMILES string of the molecule is Cc1cc(N(CC2CCCNC2)C2CC2)ncc1[N+](=O)[O-]. The van der Waals surface area contributed by atoms with Crippen molar-refractivity contribution in [2.24, 2.45) is 5.92 Å². The summed E-state index contributed by atoms with van der Waals surface area (Å²) in [4.78, 5) is 17.3. The molecule has 6 nitrogen and oxygen atoms in total. The van der Waals surface area contributed by atoms with Crippen LogP contribution in [0.2, 0.25) is 0 Å². The maximum absolute atomic E-state index is 10.9.